The second-order valence-corrected chi connectivity index (χ2v) is 9.24. The number of hydrogen-bond donors (Lipinski definition) is 2. The summed E-state index contributed by atoms with van der Waals surface area (Å²) in [6, 6.07) is 10.4. The van der Waals surface area contributed by atoms with Gasteiger partial charge in [-0.3, -0.25) is 4.79 Å². The van der Waals surface area contributed by atoms with E-state index in [1.807, 2.05) is 19.1 Å². The average Bonchev–Trinajstić information content (AvgIpc) is 2.95. The van der Waals surface area contributed by atoms with E-state index >= 15 is 0 Å². The minimum absolute atomic E-state index is 0.125. The van der Waals surface area contributed by atoms with Crippen molar-refractivity contribution < 1.29 is 13.2 Å². The van der Waals surface area contributed by atoms with Crippen LogP contribution >= 0.6 is 27.3 Å². The summed E-state index contributed by atoms with van der Waals surface area (Å²) in [4.78, 5) is 12.8. The molecule has 0 unspecified atom stereocenters. The van der Waals surface area contributed by atoms with Crippen molar-refractivity contribution in [2.45, 2.75) is 11.8 Å². The highest BCUT2D eigenvalue weighted by Crippen LogP contribution is 2.22. The van der Waals surface area contributed by atoms with Gasteiger partial charge in [-0.1, -0.05) is 17.7 Å². The van der Waals surface area contributed by atoms with Gasteiger partial charge in [0.15, 0.2) is 0 Å². The van der Waals surface area contributed by atoms with Crippen molar-refractivity contribution >= 4 is 49.3 Å². The Morgan fingerprint density at radius 2 is 1.88 bits per heavy atom. The molecule has 1 aromatic carbocycles. The van der Waals surface area contributed by atoms with Gasteiger partial charge in [-0.05, 0) is 53.2 Å². The molecule has 0 radical (unpaired) electrons. The van der Waals surface area contributed by atoms with Crippen molar-refractivity contribution in [1.82, 2.24) is 10.0 Å². The first-order valence-electron chi connectivity index (χ1n) is 7.14. The topological polar surface area (TPSA) is 75.3 Å². The number of nitrogens with one attached hydrogen (secondary N) is 2. The van der Waals surface area contributed by atoms with E-state index in [-0.39, 0.29) is 23.9 Å². The van der Waals surface area contributed by atoms with Crippen LogP contribution in [0, 0.1) is 6.92 Å². The van der Waals surface area contributed by atoms with Gasteiger partial charge >= 0.3 is 0 Å². The first kappa shape index (κ1) is 18.9. The van der Waals surface area contributed by atoms with Crippen LogP contribution < -0.4 is 10.0 Å². The fourth-order valence-corrected chi connectivity index (χ4v) is 4.16. The Hall–Kier alpha value is -1.48. The van der Waals surface area contributed by atoms with Crippen LogP contribution in [-0.2, 0) is 14.8 Å². The largest absolute Gasteiger partial charge is 0.351 e. The Kier molecular flexibility index (Phi) is 6.73. The van der Waals surface area contributed by atoms with E-state index in [4.69, 9.17) is 0 Å². The summed E-state index contributed by atoms with van der Waals surface area (Å²) in [5.74, 6) is -0.269. The van der Waals surface area contributed by atoms with Crippen molar-refractivity contribution in [3.63, 3.8) is 0 Å². The average molecular weight is 429 g/mol. The summed E-state index contributed by atoms with van der Waals surface area (Å²) in [5.41, 5.74) is 0.991. The first-order chi connectivity index (χ1) is 11.4. The van der Waals surface area contributed by atoms with Crippen LogP contribution in [0.2, 0.25) is 0 Å². The van der Waals surface area contributed by atoms with E-state index in [0.717, 1.165) is 14.2 Å². The number of rotatable bonds is 7. The van der Waals surface area contributed by atoms with E-state index in [1.165, 1.54) is 17.4 Å². The molecule has 0 atom stereocenters. The molecule has 5 nitrogen and oxygen atoms in total. The molecule has 1 aromatic heterocycles. The standard InChI is InChI=1S/C16H17BrN2O3S2/c1-12-2-6-14(7-3-12)24(21,22)19-11-10-18-16(20)9-5-13-4-8-15(17)23-13/h2-9,19H,10-11H2,1H3,(H,18,20)/b9-5+. The second-order valence-electron chi connectivity index (χ2n) is 4.98. The number of thiophene rings is 1. The van der Waals surface area contributed by atoms with Gasteiger partial charge in [-0.2, -0.15) is 0 Å². The van der Waals surface area contributed by atoms with Gasteiger partial charge < -0.3 is 5.32 Å². The zero-order valence-corrected chi connectivity index (χ0v) is 16.2. The number of carbonyl (C=O) groups excluding carboxylic acids is 1. The minimum atomic E-state index is -3.55. The SMILES string of the molecule is Cc1ccc(S(=O)(=O)NCCNC(=O)/C=C/c2ccc(Br)s2)cc1. The van der Waals surface area contributed by atoms with E-state index < -0.39 is 10.0 Å². The van der Waals surface area contributed by atoms with Gasteiger partial charge in [0.05, 0.1) is 8.68 Å². The highest BCUT2D eigenvalue weighted by molar-refractivity contribution is 9.11. The van der Waals surface area contributed by atoms with Gasteiger partial charge in [0.1, 0.15) is 0 Å². The van der Waals surface area contributed by atoms with E-state index in [0.29, 0.717) is 0 Å². The van der Waals surface area contributed by atoms with Crippen molar-refractivity contribution in [1.29, 1.82) is 0 Å². The monoisotopic (exact) mass is 428 g/mol. The molecule has 0 spiro atoms. The Labute approximate surface area is 154 Å². The lowest BCUT2D eigenvalue weighted by Gasteiger charge is -2.07. The number of aryl methyl sites for hydroxylation is 1. The highest BCUT2D eigenvalue weighted by atomic mass is 79.9. The molecule has 2 N–H and O–H groups in total. The van der Waals surface area contributed by atoms with Gasteiger partial charge in [0.2, 0.25) is 15.9 Å². The molecule has 0 aliphatic carbocycles. The smallest absolute Gasteiger partial charge is 0.244 e. The highest BCUT2D eigenvalue weighted by Gasteiger charge is 2.12. The van der Waals surface area contributed by atoms with Gasteiger partial charge in [0.25, 0.3) is 0 Å². The summed E-state index contributed by atoms with van der Waals surface area (Å²) in [6.45, 7) is 2.23. The van der Waals surface area contributed by atoms with Crippen molar-refractivity contribution in [2.75, 3.05) is 13.1 Å². The fraction of sp³-hybridized carbons (Fsp3) is 0.188. The van der Waals surface area contributed by atoms with Crippen LogP contribution in [0.15, 0.2) is 51.2 Å². The molecule has 0 saturated carbocycles. The molecule has 0 saturated heterocycles. The summed E-state index contributed by atoms with van der Waals surface area (Å²) in [6.07, 6.45) is 3.13. The summed E-state index contributed by atoms with van der Waals surface area (Å²) >= 11 is 4.87. The number of sulfonamides is 1. The molecule has 1 amide bonds. The Morgan fingerprint density at radius 1 is 1.17 bits per heavy atom. The summed E-state index contributed by atoms with van der Waals surface area (Å²) in [5, 5.41) is 2.63. The predicted molar refractivity (Wildman–Crippen MR) is 100 cm³/mol. The maximum atomic E-state index is 12.1. The third-order valence-electron chi connectivity index (χ3n) is 3.04. The zero-order valence-electron chi connectivity index (χ0n) is 13.0. The molecule has 2 rings (SSSR count). The van der Waals surface area contributed by atoms with Crippen LogP contribution in [0.3, 0.4) is 0 Å². The number of hydrogen-bond acceptors (Lipinski definition) is 4. The predicted octanol–water partition coefficient (Wildman–Crippen LogP) is 2.93. The van der Waals surface area contributed by atoms with Crippen LogP contribution in [0.1, 0.15) is 10.4 Å². The summed E-state index contributed by atoms with van der Waals surface area (Å²) in [7, 11) is -3.55. The zero-order chi connectivity index (χ0) is 17.6. The lowest BCUT2D eigenvalue weighted by molar-refractivity contribution is -0.116. The van der Waals surface area contributed by atoms with E-state index in [9.17, 15) is 13.2 Å². The van der Waals surface area contributed by atoms with E-state index in [2.05, 4.69) is 26.0 Å². The van der Waals surface area contributed by atoms with Crippen LogP contribution in [0.25, 0.3) is 6.08 Å². The quantitative estimate of drug-likeness (QED) is 0.525. The van der Waals surface area contributed by atoms with E-state index in [1.54, 1.807) is 30.3 Å². The maximum Gasteiger partial charge on any atom is 0.244 e. The molecule has 0 aliphatic heterocycles. The van der Waals surface area contributed by atoms with Gasteiger partial charge in [-0.25, -0.2) is 13.1 Å². The maximum absolute atomic E-state index is 12.1. The van der Waals surface area contributed by atoms with Crippen LogP contribution in [0.5, 0.6) is 0 Å². The molecule has 1 heterocycles. The molecule has 128 valence electrons. The Morgan fingerprint density at radius 3 is 2.50 bits per heavy atom. The lowest BCUT2D eigenvalue weighted by Crippen LogP contribution is -2.34. The number of carbonyl (C=O) groups is 1. The first-order valence-corrected chi connectivity index (χ1v) is 10.2. The second kappa shape index (κ2) is 8.57. The number of benzene rings is 1. The lowest BCUT2D eigenvalue weighted by atomic mass is 10.2. The molecule has 24 heavy (non-hydrogen) atoms. The van der Waals surface area contributed by atoms with Gasteiger partial charge in [-0.15, -0.1) is 11.3 Å². The van der Waals surface area contributed by atoms with Crippen molar-refractivity contribution in [3.8, 4) is 0 Å². The minimum Gasteiger partial charge on any atom is -0.351 e. The molecule has 0 fully saturated rings. The fourth-order valence-electron chi connectivity index (χ4n) is 1.81. The molecule has 0 bridgehead atoms. The normalized spacial score (nSPS) is 11.8. The molecule has 0 aliphatic rings. The molecule has 8 heteroatoms. The Bertz CT molecular complexity index is 827. The molecule has 2 aromatic rings. The van der Waals surface area contributed by atoms with Crippen molar-refractivity contribution in [3.05, 3.63) is 56.7 Å². The van der Waals surface area contributed by atoms with Crippen LogP contribution in [0.4, 0.5) is 0 Å². The summed E-state index contributed by atoms with van der Waals surface area (Å²) < 4.78 is 27.6. The van der Waals surface area contributed by atoms with Gasteiger partial charge in [0, 0.05) is 24.0 Å². The Balaban J connectivity index is 1.76. The number of halogens is 1. The third-order valence-corrected chi connectivity index (χ3v) is 6.11. The van der Waals surface area contributed by atoms with Crippen molar-refractivity contribution in [2.24, 2.45) is 0 Å². The molecular formula is C16H17BrN2O3S2. The number of amides is 1. The third kappa shape index (κ3) is 5.86. The van der Waals surface area contributed by atoms with Crippen LogP contribution in [-0.4, -0.2) is 27.4 Å². The molecular weight excluding hydrogens is 412 g/mol.